The predicted molar refractivity (Wildman–Crippen MR) is 89.8 cm³/mol. The summed E-state index contributed by atoms with van der Waals surface area (Å²) in [5.74, 6) is 1.24. The maximum absolute atomic E-state index is 12.7. The van der Waals surface area contributed by atoms with Crippen molar-refractivity contribution >= 4 is 17.2 Å². The zero-order valence-electron chi connectivity index (χ0n) is 13.7. The SMILES string of the molecule is Cc1nccc([C@@H]2CN(C(=O)c3csc(C(C)C)c3)CCO2)n1. The van der Waals surface area contributed by atoms with E-state index in [1.165, 1.54) is 4.88 Å². The number of thiophene rings is 1. The van der Waals surface area contributed by atoms with Gasteiger partial charge in [0.2, 0.25) is 0 Å². The maximum Gasteiger partial charge on any atom is 0.254 e. The monoisotopic (exact) mass is 331 g/mol. The van der Waals surface area contributed by atoms with Crippen LogP contribution in [0.2, 0.25) is 0 Å². The summed E-state index contributed by atoms with van der Waals surface area (Å²) < 4.78 is 5.80. The highest BCUT2D eigenvalue weighted by Crippen LogP contribution is 2.26. The van der Waals surface area contributed by atoms with Crippen LogP contribution in [0.3, 0.4) is 0 Å². The minimum Gasteiger partial charge on any atom is -0.368 e. The number of hydrogen-bond donors (Lipinski definition) is 0. The fourth-order valence-electron chi connectivity index (χ4n) is 2.62. The highest BCUT2D eigenvalue weighted by molar-refractivity contribution is 7.10. The highest BCUT2D eigenvalue weighted by atomic mass is 32.1. The Labute approximate surface area is 140 Å². The Hall–Kier alpha value is -1.79. The minimum atomic E-state index is -0.183. The van der Waals surface area contributed by atoms with Crippen molar-refractivity contribution in [1.29, 1.82) is 0 Å². The topological polar surface area (TPSA) is 55.3 Å². The van der Waals surface area contributed by atoms with Gasteiger partial charge < -0.3 is 9.64 Å². The summed E-state index contributed by atoms with van der Waals surface area (Å²) in [4.78, 5) is 24.4. The van der Waals surface area contributed by atoms with Crippen LogP contribution < -0.4 is 0 Å². The number of hydrogen-bond acceptors (Lipinski definition) is 5. The average Bonchev–Trinajstić information content (AvgIpc) is 3.04. The van der Waals surface area contributed by atoms with Gasteiger partial charge in [-0.15, -0.1) is 11.3 Å². The number of morpholine rings is 1. The van der Waals surface area contributed by atoms with Crippen molar-refractivity contribution in [2.24, 2.45) is 0 Å². The lowest BCUT2D eigenvalue weighted by atomic mass is 10.1. The number of amides is 1. The Morgan fingerprint density at radius 1 is 1.48 bits per heavy atom. The van der Waals surface area contributed by atoms with E-state index < -0.39 is 0 Å². The van der Waals surface area contributed by atoms with Crippen LogP contribution in [0.25, 0.3) is 0 Å². The summed E-state index contributed by atoms with van der Waals surface area (Å²) in [5, 5.41) is 1.96. The van der Waals surface area contributed by atoms with E-state index in [9.17, 15) is 4.79 Å². The van der Waals surface area contributed by atoms with Gasteiger partial charge in [0.15, 0.2) is 0 Å². The molecular weight excluding hydrogens is 310 g/mol. The van der Waals surface area contributed by atoms with Gasteiger partial charge in [-0.1, -0.05) is 13.8 Å². The van der Waals surface area contributed by atoms with Gasteiger partial charge in [0.05, 0.1) is 24.4 Å². The van der Waals surface area contributed by atoms with Gasteiger partial charge in [0.1, 0.15) is 11.9 Å². The predicted octanol–water partition coefficient (Wildman–Crippen LogP) is 3.18. The lowest BCUT2D eigenvalue weighted by Crippen LogP contribution is -2.42. The molecular formula is C17H21N3O2S. The van der Waals surface area contributed by atoms with Gasteiger partial charge in [0.25, 0.3) is 5.91 Å². The van der Waals surface area contributed by atoms with Crippen LogP contribution in [0.1, 0.15) is 52.6 Å². The van der Waals surface area contributed by atoms with Crippen molar-refractivity contribution < 1.29 is 9.53 Å². The molecule has 2 aromatic rings. The van der Waals surface area contributed by atoms with Crippen molar-refractivity contribution in [3.05, 3.63) is 45.7 Å². The summed E-state index contributed by atoms with van der Waals surface area (Å²) in [7, 11) is 0. The molecule has 1 fully saturated rings. The Bertz CT molecular complexity index is 699. The number of carbonyl (C=O) groups is 1. The number of nitrogens with zero attached hydrogens (tertiary/aromatic N) is 3. The standard InChI is InChI=1S/C17H21N3O2S/c1-11(2)16-8-13(10-23-16)17(21)20-6-7-22-15(9-20)14-4-5-18-12(3)19-14/h4-5,8,10-11,15H,6-7,9H2,1-3H3/t15-/m0/s1. The third kappa shape index (κ3) is 3.59. The third-order valence-corrected chi connectivity index (χ3v) is 5.15. The lowest BCUT2D eigenvalue weighted by Gasteiger charge is -2.32. The molecule has 0 aliphatic carbocycles. The molecule has 1 aliphatic rings. The first-order valence-corrected chi connectivity index (χ1v) is 8.71. The molecule has 3 rings (SSSR count). The molecule has 0 saturated carbocycles. The molecule has 0 spiro atoms. The highest BCUT2D eigenvalue weighted by Gasteiger charge is 2.27. The van der Waals surface area contributed by atoms with Gasteiger partial charge in [-0.05, 0) is 25.0 Å². The molecule has 0 unspecified atom stereocenters. The summed E-state index contributed by atoms with van der Waals surface area (Å²) in [5.41, 5.74) is 1.61. The summed E-state index contributed by atoms with van der Waals surface area (Å²) in [6, 6.07) is 3.87. The van der Waals surface area contributed by atoms with Crippen LogP contribution in [0.5, 0.6) is 0 Å². The van der Waals surface area contributed by atoms with E-state index in [1.807, 2.05) is 29.3 Å². The summed E-state index contributed by atoms with van der Waals surface area (Å²) in [6.45, 7) is 7.81. The second kappa shape index (κ2) is 6.76. The molecule has 2 aromatic heterocycles. The second-order valence-electron chi connectivity index (χ2n) is 6.03. The molecule has 122 valence electrons. The molecule has 5 nitrogen and oxygen atoms in total. The smallest absolute Gasteiger partial charge is 0.254 e. The zero-order valence-corrected chi connectivity index (χ0v) is 14.5. The van der Waals surface area contributed by atoms with Gasteiger partial charge in [0, 0.05) is 23.0 Å². The van der Waals surface area contributed by atoms with Crippen molar-refractivity contribution in [3.63, 3.8) is 0 Å². The van der Waals surface area contributed by atoms with Crippen molar-refractivity contribution in [1.82, 2.24) is 14.9 Å². The Morgan fingerprint density at radius 3 is 3.00 bits per heavy atom. The molecule has 1 atom stereocenters. The normalized spacial score (nSPS) is 18.4. The second-order valence-corrected chi connectivity index (χ2v) is 6.97. The summed E-state index contributed by atoms with van der Waals surface area (Å²) in [6.07, 6.45) is 1.55. The number of aromatic nitrogens is 2. The van der Waals surface area contributed by atoms with E-state index in [1.54, 1.807) is 17.5 Å². The maximum atomic E-state index is 12.7. The first-order valence-electron chi connectivity index (χ1n) is 7.83. The van der Waals surface area contributed by atoms with Crippen LogP contribution in [0.15, 0.2) is 23.7 Å². The van der Waals surface area contributed by atoms with Gasteiger partial charge >= 0.3 is 0 Å². The van der Waals surface area contributed by atoms with Crippen LogP contribution >= 0.6 is 11.3 Å². The average molecular weight is 331 g/mol. The molecule has 0 aromatic carbocycles. The molecule has 23 heavy (non-hydrogen) atoms. The van der Waals surface area contributed by atoms with E-state index in [0.29, 0.717) is 31.4 Å². The minimum absolute atomic E-state index is 0.0761. The number of carbonyl (C=O) groups excluding carboxylic acids is 1. The van der Waals surface area contributed by atoms with E-state index in [4.69, 9.17) is 4.74 Å². The number of rotatable bonds is 3. The third-order valence-electron chi connectivity index (χ3n) is 3.92. The molecule has 3 heterocycles. The van der Waals surface area contributed by atoms with Crippen LogP contribution in [0, 0.1) is 6.92 Å². The molecule has 1 saturated heterocycles. The van der Waals surface area contributed by atoms with E-state index in [-0.39, 0.29) is 12.0 Å². The molecule has 0 bridgehead atoms. The van der Waals surface area contributed by atoms with Gasteiger partial charge in [-0.25, -0.2) is 9.97 Å². The lowest BCUT2D eigenvalue weighted by molar-refractivity contribution is -0.0248. The zero-order chi connectivity index (χ0) is 16.4. The first-order chi connectivity index (χ1) is 11.0. The number of ether oxygens (including phenoxy) is 1. The van der Waals surface area contributed by atoms with Crippen LogP contribution in [-0.4, -0.2) is 40.5 Å². The van der Waals surface area contributed by atoms with Crippen LogP contribution in [-0.2, 0) is 4.74 Å². The van der Waals surface area contributed by atoms with Gasteiger partial charge in [-0.2, -0.15) is 0 Å². The Kier molecular flexibility index (Phi) is 4.73. The van der Waals surface area contributed by atoms with Crippen molar-refractivity contribution in [2.45, 2.75) is 32.8 Å². The van der Waals surface area contributed by atoms with Crippen molar-refractivity contribution in [3.8, 4) is 0 Å². The Balaban J connectivity index is 1.73. The van der Waals surface area contributed by atoms with Gasteiger partial charge in [-0.3, -0.25) is 4.79 Å². The molecule has 0 N–H and O–H groups in total. The fraction of sp³-hybridized carbons (Fsp3) is 0.471. The van der Waals surface area contributed by atoms with E-state index >= 15 is 0 Å². The fourth-order valence-corrected chi connectivity index (χ4v) is 3.52. The molecule has 1 aliphatic heterocycles. The first kappa shape index (κ1) is 16.1. The van der Waals surface area contributed by atoms with E-state index in [0.717, 1.165) is 11.3 Å². The number of aryl methyl sites for hydroxylation is 1. The molecule has 0 radical (unpaired) electrons. The van der Waals surface area contributed by atoms with Crippen LogP contribution in [0.4, 0.5) is 0 Å². The van der Waals surface area contributed by atoms with E-state index in [2.05, 4.69) is 23.8 Å². The largest absolute Gasteiger partial charge is 0.368 e. The van der Waals surface area contributed by atoms with Crippen molar-refractivity contribution in [2.75, 3.05) is 19.7 Å². The Morgan fingerprint density at radius 2 is 2.30 bits per heavy atom. The molecule has 6 heteroatoms. The molecule has 1 amide bonds. The summed E-state index contributed by atoms with van der Waals surface area (Å²) >= 11 is 1.65. The quantitative estimate of drug-likeness (QED) is 0.867.